The van der Waals surface area contributed by atoms with Gasteiger partial charge in [0.2, 0.25) is 11.8 Å². The number of anilines is 1. The highest BCUT2D eigenvalue weighted by molar-refractivity contribution is 5.98. The first-order valence-electron chi connectivity index (χ1n) is 8.33. The van der Waals surface area contributed by atoms with Crippen LogP contribution in [0.2, 0.25) is 0 Å². The van der Waals surface area contributed by atoms with Crippen molar-refractivity contribution in [2.75, 3.05) is 12.4 Å². The highest BCUT2D eigenvalue weighted by Gasteiger charge is 2.43. The third kappa shape index (κ3) is 3.79. The molecule has 5 nitrogen and oxygen atoms in total. The Kier molecular flexibility index (Phi) is 4.91. The van der Waals surface area contributed by atoms with E-state index in [-0.39, 0.29) is 23.6 Å². The van der Waals surface area contributed by atoms with Crippen LogP contribution < -0.4 is 5.32 Å². The zero-order valence-corrected chi connectivity index (χ0v) is 14.7. The average Bonchev–Trinajstić information content (AvgIpc) is 2.91. The van der Waals surface area contributed by atoms with Gasteiger partial charge < -0.3 is 10.2 Å². The molecule has 8 heteroatoms. The van der Waals surface area contributed by atoms with Gasteiger partial charge in [0.05, 0.1) is 17.5 Å². The summed E-state index contributed by atoms with van der Waals surface area (Å²) in [5.41, 5.74) is 0.0176. The number of carbonyl (C=O) groups is 2. The maximum atomic E-state index is 13.1. The molecule has 0 radical (unpaired) electrons. The Morgan fingerprint density at radius 3 is 2.67 bits per heavy atom. The number of pyridine rings is 1. The fourth-order valence-corrected chi connectivity index (χ4v) is 3.35. The van der Waals surface area contributed by atoms with Crippen molar-refractivity contribution in [3.05, 3.63) is 59.4 Å². The van der Waals surface area contributed by atoms with Gasteiger partial charge in [0.15, 0.2) is 0 Å². The van der Waals surface area contributed by atoms with Crippen molar-refractivity contribution in [1.82, 2.24) is 9.88 Å². The summed E-state index contributed by atoms with van der Waals surface area (Å²) in [5.74, 6) is -1.43. The summed E-state index contributed by atoms with van der Waals surface area (Å²) < 4.78 is 39.2. The van der Waals surface area contributed by atoms with E-state index < -0.39 is 29.6 Å². The molecule has 1 saturated heterocycles. The number of benzene rings is 1. The molecule has 27 heavy (non-hydrogen) atoms. The normalized spacial score (nSPS) is 20.0. The number of hydrogen-bond donors (Lipinski definition) is 1. The first-order valence-corrected chi connectivity index (χ1v) is 8.33. The minimum Gasteiger partial charge on any atom is -0.338 e. The maximum absolute atomic E-state index is 13.1. The minimum absolute atomic E-state index is 0.0140. The lowest BCUT2D eigenvalue weighted by atomic mass is 9.93. The number of carbonyl (C=O) groups excluding carboxylic acids is 2. The number of nitrogens with zero attached hydrogens (tertiary/aromatic N) is 2. The maximum Gasteiger partial charge on any atom is 0.416 e. The molecule has 0 spiro atoms. The van der Waals surface area contributed by atoms with Gasteiger partial charge in [-0.1, -0.05) is 12.1 Å². The van der Waals surface area contributed by atoms with Gasteiger partial charge in [0.25, 0.3) is 0 Å². The summed E-state index contributed by atoms with van der Waals surface area (Å²) in [6.07, 6.45) is -1.36. The van der Waals surface area contributed by atoms with Gasteiger partial charge in [-0.15, -0.1) is 0 Å². The highest BCUT2D eigenvalue weighted by atomic mass is 19.4. The van der Waals surface area contributed by atoms with Crippen LogP contribution >= 0.6 is 0 Å². The molecule has 142 valence electrons. The fourth-order valence-electron chi connectivity index (χ4n) is 3.35. The second-order valence-electron chi connectivity index (χ2n) is 6.56. The molecule has 0 bridgehead atoms. The van der Waals surface area contributed by atoms with Crippen molar-refractivity contribution in [3.63, 3.8) is 0 Å². The molecular weight excluding hydrogens is 359 g/mol. The number of likely N-dealkylation sites (tertiary alicyclic amines) is 1. The van der Waals surface area contributed by atoms with Crippen LogP contribution in [0.4, 0.5) is 18.9 Å². The van der Waals surface area contributed by atoms with Crippen molar-refractivity contribution in [3.8, 4) is 0 Å². The number of amides is 2. The predicted octanol–water partition coefficient (Wildman–Crippen LogP) is 3.57. The van der Waals surface area contributed by atoms with Crippen LogP contribution in [0, 0.1) is 12.8 Å². The van der Waals surface area contributed by atoms with Gasteiger partial charge >= 0.3 is 6.18 Å². The first-order chi connectivity index (χ1) is 12.7. The predicted molar refractivity (Wildman–Crippen MR) is 92.7 cm³/mol. The van der Waals surface area contributed by atoms with Gasteiger partial charge in [0, 0.05) is 31.5 Å². The lowest BCUT2D eigenvalue weighted by Gasteiger charge is -2.24. The van der Waals surface area contributed by atoms with Gasteiger partial charge in [0.1, 0.15) is 0 Å². The number of halogens is 3. The largest absolute Gasteiger partial charge is 0.416 e. The molecule has 0 unspecified atom stereocenters. The van der Waals surface area contributed by atoms with E-state index >= 15 is 0 Å². The lowest BCUT2D eigenvalue weighted by Crippen LogP contribution is -2.30. The molecular formula is C19H18F3N3O2. The smallest absolute Gasteiger partial charge is 0.338 e. The Hall–Kier alpha value is -2.90. The molecule has 1 aliphatic heterocycles. The van der Waals surface area contributed by atoms with Crippen LogP contribution in [0.15, 0.2) is 42.7 Å². The minimum atomic E-state index is -4.51. The van der Waals surface area contributed by atoms with Crippen molar-refractivity contribution >= 4 is 17.5 Å². The number of hydrogen-bond acceptors (Lipinski definition) is 3. The van der Waals surface area contributed by atoms with E-state index in [2.05, 4.69) is 10.3 Å². The third-order valence-corrected chi connectivity index (χ3v) is 4.76. The SMILES string of the molecule is Cc1ccc(NC(=O)[C@@H]2CC(=O)N(C)[C@@H]2c2cccnc2)cc1C(F)(F)F. The molecule has 2 amide bonds. The van der Waals surface area contributed by atoms with E-state index in [0.717, 1.165) is 6.07 Å². The van der Waals surface area contributed by atoms with E-state index in [0.29, 0.717) is 5.56 Å². The van der Waals surface area contributed by atoms with Crippen molar-refractivity contribution < 1.29 is 22.8 Å². The molecule has 1 aromatic heterocycles. The van der Waals surface area contributed by atoms with Gasteiger partial charge in [-0.05, 0) is 36.2 Å². The Morgan fingerprint density at radius 1 is 1.30 bits per heavy atom. The van der Waals surface area contributed by atoms with E-state index in [1.165, 1.54) is 24.0 Å². The van der Waals surface area contributed by atoms with Gasteiger partial charge in [-0.3, -0.25) is 14.6 Å². The van der Waals surface area contributed by atoms with Gasteiger partial charge in [-0.25, -0.2) is 0 Å². The zero-order chi connectivity index (χ0) is 19.8. The summed E-state index contributed by atoms with van der Waals surface area (Å²) >= 11 is 0. The molecule has 1 N–H and O–H groups in total. The van der Waals surface area contributed by atoms with Crippen LogP contribution in [-0.2, 0) is 15.8 Å². The van der Waals surface area contributed by atoms with Crippen molar-refractivity contribution in [1.29, 1.82) is 0 Å². The fraction of sp³-hybridized carbons (Fsp3) is 0.316. The van der Waals surface area contributed by atoms with E-state index in [4.69, 9.17) is 0 Å². The number of aromatic nitrogens is 1. The summed E-state index contributed by atoms with van der Waals surface area (Å²) in [4.78, 5) is 30.4. The number of alkyl halides is 3. The number of aryl methyl sites for hydroxylation is 1. The Balaban J connectivity index is 1.86. The molecule has 0 aliphatic carbocycles. The van der Waals surface area contributed by atoms with Crippen LogP contribution in [0.1, 0.15) is 29.2 Å². The van der Waals surface area contributed by atoms with Gasteiger partial charge in [-0.2, -0.15) is 13.2 Å². The first kappa shape index (κ1) is 18.9. The summed E-state index contributed by atoms with van der Waals surface area (Å²) in [7, 11) is 1.60. The molecule has 1 aliphatic rings. The summed E-state index contributed by atoms with van der Waals surface area (Å²) in [6.45, 7) is 1.36. The molecule has 2 heterocycles. The zero-order valence-electron chi connectivity index (χ0n) is 14.7. The Labute approximate surface area is 154 Å². The van der Waals surface area contributed by atoms with Crippen molar-refractivity contribution in [2.45, 2.75) is 25.6 Å². The van der Waals surface area contributed by atoms with E-state index in [1.54, 1.807) is 31.6 Å². The number of rotatable bonds is 3. The highest BCUT2D eigenvalue weighted by Crippen LogP contribution is 2.38. The average molecular weight is 377 g/mol. The molecule has 1 aromatic carbocycles. The quantitative estimate of drug-likeness (QED) is 0.890. The summed E-state index contributed by atoms with van der Waals surface area (Å²) in [6, 6.07) is 6.59. The number of nitrogens with one attached hydrogen (secondary N) is 1. The molecule has 2 atom stereocenters. The molecule has 1 fully saturated rings. The van der Waals surface area contributed by atoms with Crippen LogP contribution in [0.25, 0.3) is 0 Å². The molecule has 0 saturated carbocycles. The standard InChI is InChI=1S/C19H18F3N3O2/c1-11-5-6-13(8-15(11)19(20,21)22)24-18(27)14-9-16(26)25(2)17(14)12-4-3-7-23-10-12/h3-8,10,14,17H,9H2,1-2H3,(H,24,27)/t14-,17-/m1/s1. The molecule has 3 rings (SSSR count). The second-order valence-corrected chi connectivity index (χ2v) is 6.56. The molecule has 2 aromatic rings. The topological polar surface area (TPSA) is 62.3 Å². The van der Waals surface area contributed by atoms with E-state index in [1.807, 2.05) is 0 Å². The van der Waals surface area contributed by atoms with Crippen molar-refractivity contribution in [2.24, 2.45) is 5.92 Å². The Bertz CT molecular complexity index is 868. The lowest BCUT2D eigenvalue weighted by molar-refractivity contribution is -0.138. The Morgan fingerprint density at radius 2 is 2.04 bits per heavy atom. The van der Waals surface area contributed by atoms with Crippen LogP contribution in [-0.4, -0.2) is 28.7 Å². The van der Waals surface area contributed by atoms with Crippen LogP contribution in [0.3, 0.4) is 0 Å². The third-order valence-electron chi connectivity index (χ3n) is 4.76. The second kappa shape index (κ2) is 7.02. The van der Waals surface area contributed by atoms with Crippen LogP contribution in [0.5, 0.6) is 0 Å². The monoisotopic (exact) mass is 377 g/mol. The summed E-state index contributed by atoms with van der Waals surface area (Å²) in [5, 5.41) is 2.53. The van der Waals surface area contributed by atoms with E-state index in [9.17, 15) is 22.8 Å².